The molecule has 0 bridgehead atoms. The van der Waals surface area contributed by atoms with Gasteiger partial charge in [-0.1, -0.05) is 13.8 Å². The molecule has 0 radical (unpaired) electrons. The lowest BCUT2D eigenvalue weighted by atomic mass is 10.1. The Kier molecular flexibility index (Phi) is 3.93. The van der Waals surface area contributed by atoms with Gasteiger partial charge in [0.25, 0.3) is 0 Å². The Hall–Kier alpha value is -1.37. The Morgan fingerprint density at radius 2 is 2.21 bits per heavy atom. The normalized spacial score (nSPS) is 21.7. The summed E-state index contributed by atoms with van der Waals surface area (Å²) in [6, 6.07) is 1.68. The fourth-order valence-corrected chi connectivity index (χ4v) is 3.98. The van der Waals surface area contributed by atoms with E-state index in [1.54, 1.807) is 6.07 Å². The lowest BCUT2D eigenvalue weighted by Gasteiger charge is -2.12. The van der Waals surface area contributed by atoms with Crippen molar-refractivity contribution in [2.24, 2.45) is 5.92 Å². The number of nitrogens with one attached hydrogen (secondary N) is 1. The summed E-state index contributed by atoms with van der Waals surface area (Å²) in [6.07, 6.45) is 0.715. The zero-order valence-electron chi connectivity index (χ0n) is 11.3. The zero-order valence-corrected chi connectivity index (χ0v) is 12.1. The molecule has 6 nitrogen and oxygen atoms in total. The van der Waals surface area contributed by atoms with Crippen molar-refractivity contribution in [3.05, 3.63) is 11.9 Å². The number of nitrogen functional groups attached to an aromatic ring is 1. The molecular weight excluding hydrogens is 264 g/mol. The Morgan fingerprint density at radius 1 is 1.47 bits per heavy atom. The standard InChI is InChI=1S/C12H20N4O2S/c1-8(2)12-15-10(13)5-11(16-12)14-6-9-3-4-19(17,18)7-9/h5,8-9H,3-4,6-7H2,1-2H3,(H3,13,14,15,16). The molecule has 1 aromatic heterocycles. The van der Waals surface area contributed by atoms with E-state index >= 15 is 0 Å². The SMILES string of the molecule is CC(C)c1nc(N)cc(NCC2CCS(=O)(=O)C2)n1. The Labute approximate surface area is 113 Å². The first-order valence-electron chi connectivity index (χ1n) is 6.44. The number of hydrogen-bond donors (Lipinski definition) is 2. The molecule has 1 aliphatic heterocycles. The maximum atomic E-state index is 11.4. The van der Waals surface area contributed by atoms with Crippen LogP contribution in [0.4, 0.5) is 11.6 Å². The number of sulfone groups is 1. The summed E-state index contributed by atoms with van der Waals surface area (Å²) in [6.45, 7) is 4.61. The van der Waals surface area contributed by atoms with Crippen LogP contribution in [-0.2, 0) is 9.84 Å². The highest BCUT2D eigenvalue weighted by molar-refractivity contribution is 7.91. The number of nitrogens with two attached hydrogens (primary N) is 1. The highest BCUT2D eigenvalue weighted by Gasteiger charge is 2.27. The second kappa shape index (κ2) is 5.32. The molecule has 1 atom stereocenters. The van der Waals surface area contributed by atoms with E-state index in [2.05, 4.69) is 15.3 Å². The largest absolute Gasteiger partial charge is 0.384 e. The van der Waals surface area contributed by atoms with Gasteiger partial charge in [-0.05, 0) is 12.3 Å². The number of aromatic nitrogens is 2. The van der Waals surface area contributed by atoms with Crippen molar-refractivity contribution in [2.45, 2.75) is 26.2 Å². The van der Waals surface area contributed by atoms with Gasteiger partial charge in [-0.2, -0.15) is 0 Å². The van der Waals surface area contributed by atoms with Crippen LogP contribution in [0.25, 0.3) is 0 Å². The van der Waals surface area contributed by atoms with Crippen LogP contribution in [0.2, 0.25) is 0 Å². The van der Waals surface area contributed by atoms with Gasteiger partial charge in [0.05, 0.1) is 11.5 Å². The van der Waals surface area contributed by atoms with E-state index in [0.29, 0.717) is 36.2 Å². The summed E-state index contributed by atoms with van der Waals surface area (Å²) in [7, 11) is -2.83. The van der Waals surface area contributed by atoms with Crippen molar-refractivity contribution in [1.29, 1.82) is 0 Å². The van der Waals surface area contributed by atoms with Gasteiger partial charge < -0.3 is 11.1 Å². The molecule has 2 rings (SSSR count). The summed E-state index contributed by atoms with van der Waals surface area (Å²) in [5.41, 5.74) is 5.74. The first kappa shape index (κ1) is 14.0. The molecule has 7 heteroatoms. The predicted molar refractivity (Wildman–Crippen MR) is 75.8 cm³/mol. The Balaban J connectivity index is 2.00. The van der Waals surface area contributed by atoms with E-state index in [9.17, 15) is 8.42 Å². The quantitative estimate of drug-likeness (QED) is 0.857. The summed E-state index contributed by atoms with van der Waals surface area (Å²) < 4.78 is 22.8. The molecule has 0 aromatic carbocycles. The van der Waals surface area contributed by atoms with E-state index < -0.39 is 9.84 Å². The first-order chi connectivity index (χ1) is 8.85. The van der Waals surface area contributed by atoms with Gasteiger partial charge in [-0.3, -0.25) is 0 Å². The van der Waals surface area contributed by atoms with Crippen molar-refractivity contribution < 1.29 is 8.42 Å². The highest BCUT2D eigenvalue weighted by Crippen LogP contribution is 2.20. The van der Waals surface area contributed by atoms with Gasteiger partial charge in [0.2, 0.25) is 0 Å². The molecule has 1 saturated heterocycles. The van der Waals surface area contributed by atoms with Gasteiger partial charge in [-0.25, -0.2) is 18.4 Å². The van der Waals surface area contributed by atoms with Crippen LogP contribution in [-0.4, -0.2) is 36.4 Å². The van der Waals surface area contributed by atoms with E-state index in [1.807, 2.05) is 13.8 Å². The van der Waals surface area contributed by atoms with E-state index in [4.69, 9.17) is 5.73 Å². The molecule has 19 heavy (non-hydrogen) atoms. The molecule has 1 aliphatic rings. The maximum absolute atomic E-state index is 11.4. The number of rotatable bonds is 4. The van der Waals surface area contributed by atoms with Crippen LogP contribution in [0.1, 0.15) is 32.0 Å². The van der Waals surface area contributed by atoms with Gasteiger partial charge in [0, 0.05) is 18.5 Å². The average molecular weight is 284 g/mol. The minimum atomic E-state index is -2.83. The molecular formula is C12H20N4O2S. The highest BCUT2D eigenvalue weighted by atomic mass is 32.2. The second-order valence-corrected chi connectivity index (χ2v) is 7.57. The van der Waals surface area contributed by atoms with Crippen LogP contribution in [0.15, 0.2) is 6.07 Å². The third-order valence-corrected chi connectivity index (χ3v) is 5.02. The van der Waals surface area contributed by atoms with Crippen LogP contribution < -0.4 is 11.1 Å². The Bertz CT molecular complexity index is 557. The number of anilines is 2. The lowest BCUT2D eigenvalue weighted by Crippen LogP contribution is -2.17. The average Bonchev–Trinajstić information content (AvgIpc) is 2.65. The minimum Gasteiger partial charge on any atom is -0.384 e. The molecule has 0 spiro atoms. The monoisotopic (exact) mass is 284 g/mol. The van der Waals surface area contributed by atoms with Crippen LogP contribution in [0.5, 0.6) is 0 Å². The van der Waals surface area contributed by atoms with Gasteiger partial charge in [0.15, 0.2) is 9.84 Å². The molecule has 2 heterocycles. The molecule has 1 aromatic rings. The summed E-state index contributed by atoms with van der Waals surface area (Å²) >= 11 is 0. The van der Waals surface area contributed by atoms with Crippen molar-refractivity contribution in [3.63, 3.8) is 0 Å². The third-order valence-electron chi connectivity index (χ3n) is 3.18. The fourth-order valence-electron chi connectivity index (χ4n) is 2.12. The Morgan fingerprint density at radius 3 is 2.79 bits per heavy atom. The summed E-state index contributed by atoms with van der Waals surface area (Å²) in [5.74, 6) is 2.71. The molecule has 0 aliphatic carbocycles. The molecule has 106 valence electrons. The molecule has 0 amide bonds. The van der Waals surface area contributed by atoms with E-state index in [0.717, 1.165) is 0 Å². The van der Waals surface area contributed by atoms with Crippen molar-refractivity contribution in [2.75, 3.05) is 29.1 Å². The van der Waals surface area contributed by atoms with Crippen molar-refractivity contribution in [3.8, 4) is 0 Å². The van der Waals surface area contributed by atoms with Gasteiger partial charge in [0.1, 0.15) is 17.5 Å². The van der Waals surface area contributed by atoms with Gasteiger partial charge in [-0.15, -0.1) is 0 Å². The van der Waals surface area contributed by atoms with Crippen LogP contribution >= 0.6 is 0 Å². The second-order valence-electron chi connectivity index (χ2n) is 5.34. The zero-order chi connectivity index (χ0) is 14.0. The molecule has 1 unspecified atom stereocenters. The topological polar surface area (TPSA) is 98.0 Å². The lowest BCUT2D eigenvalue weighted by molar-refractivity contribution is 0.595. The third kappa shape index (κ3) is 3.79. The van der Waals surface area contributed by atoms with Crippen LogP contribution in [0, 0.1) is 5.92 Å². The predicted octanol–water partition coefficient (Wildman–Crippen LogP) is 1.03. The fraction of sp³-hybridized carbons (Fsp3) is 0.667. The number of nitrogens with zero attached hydrogens (tertiary/aromatic N) is 2. The summed E-state index contributed by atoms with van der Waals surface area (Å²) in [4.78, 5) is 8.55. The molecule has 3 N–H and O–H groups in total. The van der Waals surface area contributed by atoms with Crippen LogP contribution in [0.3, 0.4) is 0 Å². The minimum absolute atomic E-state index is 0.156. The van der Waals surface area contributed by atoms with E-state index in [-0.39, 0.29) is 17.6 Å². The van der Waals surface area contributed by atoms with Gasteiger partial charge >= 0.3 is 0 Å². The molecule has 0 saturated carbocycles. The number of hydrogen-bond acceptors (Lipinski definition) is 6. The van der Waals surface area contributed by atoms with Crippen molar-refractivity contribution >= 4 is 21.5 Å². The smallest absolute Gasteiger partial charge is 0.150 e. The summed E-state index contributed by atoms with van der Waals surface area (Å²) in [5, 5.41) is 3.16. The van der Waals surface area contributed by atoms with E-state index in [1.165, 1.54) is 0 Å². The van der Waals surface area contributed by atoms with Crippen molar-refractivity contribution in [1.82, 2.24) is 9.97 Å². The first-order valence-corrected chi connectivity index (χ1v) is 8.26. The molecule has 1 fully saturated rings. The maximum Gasteiger partial charge on any atom is 0.150 e.